The summed E-state index contributed by atoms with van der Waals surface area (Å²) in [5.41, 5.74) is 1.90. The molecule has 1 heterocycles. The molecule has 78 valence electrons. The molecule has 2 N–H and O–H groups in total. The van der Waals surface area contributed by atoms with Crippen molar-refractivity contribution in [2.75, 3.05) is 6.54 Å². The van der Waals surface area contributed by atoms with Gasteiger partial charge in [-0.2, -0.15) is 5.26 Å². The van der Waals surface area contributed by atoms with Crippen LogP contribution >= 0.6 is 0 Å². The number of phenols is 1. The van der Waals surface area contributed by atoms with Crippen LogP contribution in [0.4, 0.5) is 0 Å². The standard InChI is InChI=1S/C12H14N2O/c13-6-5-9-3-4-12(15)10(8-9)11-2-1-7-14-11/h3-4,8,11,14-15H,1-2,5,7H2/t11-/m1/s1. The average molecular weight is 202 g/mol. The highest BCUT2D eigenvalue weighted by Crippen LogP contribution is 2.30. The molecule has 0 radical (unpaired) electrons. The van der Waals surface area contributed by atoms with Crippen LogP contribution in [0.1, 0.15) is 30.0 Å². The second-order valence-electron chi connectivity index (χ2n) is 3.88. The van der Waals surface area contributed by atoms with Crippen LogP contribution in [0.15, 0.2) is 18.2 Å². The van der Waals surface area contributed by atoms with E-state index in [2.05, 4.69) is 11.4 Å². The van der Waals surface area contributed by atoms with E-state index >= 15 is 0 Å². The molecule has 0 aromatic heterocycles. The fourth-order valence-corrected chi connectivity index (χ4v) is 2.03. The van der Waals surface area contributed by atoms with Crippen molar-refractivity contribution in [2.24, 2.45) is 0 Å². The third-order valence-electron chi connectivity index (χ3n) is 2.81. The van der Waals surface area contributed by atoms with Gasteiger partial charge in [0.25, 0.3) is 0 Å². The molecule has 1 fully saturated rings. The summed E-state index contributed by atoms with van der Waals surface area (Å²) in [7, 11) is 0. The van der Waals surface area contributed by atoms with Crippen LogP contribution in [0.5, 0.6) is 5.75 Å². The minimum atomic E-state index is 0.253. The highest BCUT2D eigenvalue weighted by atomic mass is 16.3. The quantitative estimate of drug-likeness (QED) is 0.769. The first-order valence-electron chi connectivity index (χ1n) is 5.23. The number of hydrogen-bond donors (Lipinski definition) is 2. The van der Waals surface area contributed by atoms with Crippen molar-refractivity contribution in [3.05, 3.63) is 29.3 Å². The lowest BCUT2D eigenvalue weighted by atomic mass is 10.0. The summed E-state index contributed by atoms with van der Waals surface area (Å²) >= 11 is 0. The minimum Gasteiger partial charge on any atom is -0.508 e. The molecule has 1 aromatic rings. The first-order chi connectivity index (χ1) is 7.31. The summed E-state index contributed by atoms with van der Waals surface area (Å²) < 4.78 is 0. The monoisotopic (exact) mass is 202 g/mol. The van der Waals surface area contributed by atoms with Gasteiger partial charge in [0.2, 0.25) is 0 Å². The van der Waals surface area contributed by atoms with E-state index in [1.807, 2.05) is 6.07 Å². The van der Waals surface area contributed by atoms with Crippen LogP contribution in [-0.4, -0.2) is 11.7 Å². The maximum atomic E-state index is 9.74. The van der Waals surface area contributed by atoms with Gasteiger partial charge in [0.15, 0.2) is 0 Å². The predicted molar refractivity (Wildman–Crippen MR) is 57.4 cm³/mol. The molecule has 1 saturated heterocycles. The van der Waals surface area contributed by atoms with Gasteiger partial charge in [0.05, 0.1) is 12.5 Å². The van der Waals surface area contributed by atoms with Gasteiger partial charge in [-0.25, -0.2) is 0 Å². The van der Waals surface area contributed by atoms with Crippen molar-refractivity contribution in [1.29, 1.82) is 5.26 Å². The molecule has 3 nitrogen and oxygen atoms in total. The van der Waals surface area contributed by atoms with Crippen LogP contribution in [0.3, 0.4) is 0 Å². The Morgan fingerprint density at radius 3 is 3.07 bits per heavy atom. The van der Waals surface area contributed by atoms with E-state index in [4.69, 9.17) is 5.26 Å². The van der Waals surface area contributed by atoms with Gasteiger partial charge in [-0.15, -0.1) is 0 Å². The van der Waals surface area contributed by atoms with E-state index in [1.165, 1.54) is 0 Å². The summed E-state index contributed by atoms with van der Waals surface area (Å²) in [6, 6.07) is 7.79. The van der Waals surface area contributed by atoms with Gasteiger partial charge in [-0.3, -0.25) is 0 Å². The largest absolute Gasteiger partial charge is 0.508 e. The highest BCUT2D eigenvalue weighted by Gasteiger charge is 2.19. The molecule has 0 bridgehead atoms. The Balaban J connectivity index is 2.28. The Labute approximate surface area is 89.4 Å². The zero-order chi connectivity index (χ0) is 10.7. The summed E-state index contributed by atoms with van der Waals surface area (Å²) in [5.74, 6) is 0.330. The number of aromatic hydroxyl groups is 1. The first kappa shape index (κ1) is 10.0. The minimum absolute atomic E-state index is 0.253. The van der Waals surface area contributed by atoms with Crippen LogP contribution < -0.4 is 5.32 Å². The highest BCUT2D eigenvalue weighted by molar-refractivity contribution is 5.39. The van der Waals surface area contributed by atoms with E-state index < -0.39 is 0 Å². The maximum absolute atomic E-state index is 9.74. The molecular formula is C12H14N2O. The molecule has 3 heteroatoms. The lowest BCUT2D eigenvalue weighted by molar-refractivity contribution is 0.456. The zero-order valence-electron chi connectivity index (χ0n) is 8.53. The maximum Gasteiger partial charge on any atom is 0.120 e. The topological polar surface area (TPSA) is 56.0 Å². The molecule has 1 atom stereocenters. The Morgan fingerprint density at radius 1 is 1.53 bits per heavy atom. The Morgan fingerprint density at radius 2 is 2.40 bits per heavy atom. The van der Waals surface area contributed by atoms with Gasteiger partial charge < -0.3 is 10.4 Å². The van der Waals surface area contributed by atoms with E-state index in [9.17, 15) is 5.11 Å². The average Bonchev–Trinajstić information content (AvgIpc) is 2.74. The molecule has 0 unspecified atom stereocenters. The van der Waals surface area contributed by atoms with Crippen molar-refractivity contribution in [3.63, 3.8) is 0 Å². The van der Waals surface area contributed by atoms with E-state index in [1.54, 1.807) is 12.1 Å². The number of benzene rings is 1. The summed E-state index contributed by atoms with van der Waals surface area (Å²) in [6.45, 7) is 1.01. The smallest absolute Gasteiger partial charge is 0.120 e. The van der Waals surface area contributed by atoms with Crippen molar-refractivity contribution < 1.29 is 5.11 Å². The fourth-order valence-electron chi connectivity index (χ4n) is 2.03. The molecule has 2 rings (SSSR count). The molecule has 1 aromatic carbocycles. The number of nitriles is 1. The van der Waals surface area contributed by atoms with Crippen molar-refractivity contribution in [3.8, 4) is 11.8 Å². The molecule has 0 aliphatic carbocycles. The van der Waals surface area contributed by atoms with E-state index in [0.29, 0.717) is 12.2 Å². The first-order valence-corrected chi connectivity index (χ1v) is 5.23. The Hall–Kier alpha value is -1.53. The van der Waals surface area contributed by atoms with Crippen molar-refractivity contribution in [2.45, 2.75) is 25.3 Å². The third-order valence-corrected chi connectivity index (χ3v) is 2.81. The number of rotatable bonds is 2. The van der Waals surface area contributed by atoms with Gasteiger partial charge in [0, 0.05) is 11.6 Å². The second-order valence-corrected chi connectivity index (χ2v) is 3.88. The molecule has 0 spiro atoms. The van der Waals surface area contributed by atoms with E-state index in [0.717, 1.165) is 30.5 Å². The third kappa shape index (κ3) is 2.11. The number of nitrogens with one attached hydrogen (secondary N) is 1. The molecule has 0 saturated carbocycles. The van der Waals surface area contributed by atoms with Gasteiger partial charge in [0.1, 0.15) is 5.75 Å². The van der Waals surface area contributed by atoms with Gasteiger partial charge >= 0.3 is 0 Å². The molecule has 0 amide bonds. The normalized spacial score (nSPS) is 20.1. The van der Waals surface area contributed by atoms with Crippen molar-refractivity contribution >= 4 is 0 Å². The summed E-state index contributed by atoms with van der Waals surface area (Å²) in [6.07, 6.45) is 2.61. The Bertz CT molecular complexity index is 389. The second kappa shape index (κ2) is 4.33. The number of hydrogen-bond acceptors (Lipinski definition) is 3. The van der Waals surface area contributed by atoms with Crippen LogP contribution in [0.2, 0.25) is 0 Å². The lowest BCUT2D eigenvalue weighted by Crippen LogP contribution is -2.13. The SMILES string of the molecule is N#CCc1ccc(O)c([C@H]2CCCN2)c1. The molecule has 1 aliphatic heterocycles. The van der Waals surface area contributed by atoms with Gasteiger partial charge in [-0.1, -0.05) is 6.07 Å². The van der Waals surface area contributed by atoms with Crippen molar-refractivity contribution in [1.82, 2.24) is 5.32 Å². The van der Waals surface area contributed by atoms with Crippen LogP contribution in [0, 0.1) is 11.3 Å². The zero-order valence-corrected chi connectivity index (χ0v) is 8.53. The van der Waals surface area contributed by atoms with E-state index in [-0.39, 0.29) is 6.04 Å². The number of phenolic OH excluding ortho intramolecular Hbond substituents is 1. The summed E-state index contributed by atoms with van der Waals surface area (Å²) in [5, 5.41) is 21.7. The molecule has 1 aliphatic rings. The van der Waals surface area contributed by atoms with Crippen LogP contribution in [0.25, 0.3) is 0 Å². The molecular weight excluding hydrogens is 188 g/mol. The predicted octanol–water partition coefficient (Wildman–Crippen LogP) is 1.88. The number of nitrogens with zero attached hydrogens (tertiary/aromatic N) is 1. The molecule has 15 heavy (non-hydrogen) atoms. The summed E-state index contributed by atoms with van der Waals surface area (Å²) in [4.78, 5) is 0. The fraction of sp³-hybridized carbons (Fsp3) is 0.417. The van der Waals surface area contributed by atoms with Crippen LogP contribution in [-0.2, 0) is 6.42 Å². The van der Waals surface area contributed by atoms with Gasteiger partial charge in [-0.05, 0) is 37.1 Å². The Kier molecular flexibility index (Phi) is 2.89. The lowest BCUT2D eigenvalue weighted by Gasteiger charge is -2.13.